The summed E-state index contributed by atoms with van der Waals surface area (Å²) in [6, 6.07) is 11.1. The van der Waals surface area contributed by atoms with E-state index in [0.29, 0.717) is 37.2 Å². The van der Waals surface area contributed by atoms with Crippen molar-refractivity contribution in [2.24, 2.45) is 5.92 Å². The SMILES string of the molecule is COC(=O)N/C=C/CCC(C)c1c[c-]c(C(=O)C(C)CCc2ccc(OCC(F)F)cc2)c(=O)o1.[U]. The number of hydrogen-bond donors (Lipinski definition) is 1. The van der Waals surface area contributed by atoms with E-state index in [9.17, 15) is 23.2 Å². The van der Waals surface area contributed by atoms with E-state index in [4.69, 9.17) is 9.15 Å². The quantitative estimate of drug-likeness (QED) is 0.223. The molecule has 10 heteroatoms. The number of methoxy groups -OCH3 is 1. The third-order valence-corrected chi connectivity index (χ3v) is 5.39. The molecule has 0 aliphatic carbocycles. The van der Waals surface area contributed by atoms with Crippen LogP contribution in [0.15, 0.2) is 51.8 Å². The molecule has 2 aromatic rings. The predicted molar refractivity (Wildman–Crippen MR) is 126 cm³/mol. The Bertz CT molecular complexity index is 1060. The van der Waals surface area contributed by atoms with Crippen LogP contribution in [0.1, 0.15) is 60.7 Å². The van der Waals surface area contributed by atoms with E-state index in [1.807, 2.05) is 6.92 Å². The Hall–Kier alpha value is -2.44. The van der Waals surface area contributed by atoms with Crippen molar-refractivity contribution in [1.29, 1.82) is 0 Å². The predicted octanol–water partition coefficient (Wildman–Crippen LogP) is 5.29. The molecular weight excluding hydrogens is 698 g/mol. The Morgan fingerprint density at radius 1 is 1.17 bits per heavy atom. The monoisotopic (exact) mass is 728 g/mol. The molecule has 0 aliphatic rings. The van der Waals surface area contributed by atoms with Gasteiger partial charge < -0.3 is 23.5 Å². The van der Waals surface area contributed by atoms with E-state index in [-0.39, 0.29) is 48.4 Å². The van der Waals surface area contributed by atoms with Crippen LogP contribution in [0.4, 0.5) is 13.6 Å². The van der Waals surface area contributed by atoms with Gasteiger partial charge in [-0.05, 0) is 60.8 Å². The number of carbonyl (C=O) groups excluding carboxylic acids is 2. The molecule has 2 atom stereocenters. The van der Waals surface area contributed by atoms with Crippen molar-refractivity contribution in [3.63, 3.8) is 0 Å². The number of ketones is 1. The zero-order valence-corrected chi connectivity index (χ0v) is 24.7. The third-order valence-electron chi connectivity index (χ3n) is 5.39. The number of benzene rings is 1. The van der Waals surface area contributed by atoms with E-state index in [0.717, 1.165) is 5.56 Å². The summed E-state index contributed by atoms with van der Waals surface area (Å²) in [7, 11) is 1.27. The smallest absolute Gasteiger partial charge is 0.410 e. The summed E-state index contributed by atoms with van der Waals surface area (Å²) in [6.45, 7) is 2.97. The van der Waals surface area contributed by atoms with Crippen LogP contribution in [-0.4, -0.2) is 32.0 Å². The Morgan fingerprint density at radius 2 is 1.86 bits per heavy atom. The largest absolute Gasteiger partial charge is 0.518 e. The third kappa shape index (κ3) is 10.7. The average molecular weight is 729 g/mol. The first-order valence-electron chi connectivity index (χ1n) is 11.3. The maximum atomic E-state index is 12.8. The van der Waals surface area contributed by atoms with Crippen molar-refractivity contribution in [2.75, 3.05) is 13.7 Å². The van der Waals surface area contributed by atoms with Gasteiger partial charge in [0.25, 0.3) is 6.43 Å². The molecule has 1 heterocycles. The molecule has 0 bridgehead atoms. The Balaban J connectivity index is 0.00000648. The maximum Gasteiger partial charge on any atom is 0.410 e. The number of aryl methyl sites for hydroxylation is 1. The summed E-state index contributed by atoms with van der Waals surface area (Å²) in [5.74, 6) is -0.0708. The second-order valence-electron chi connectivity index (χ2n) is 8.12. The molecule has 194 valence electrons. The normalized spacial score (nSPS) is 12.6. The van der Waals surface area contributed by atoms with Crippen LogP contribution in [0.2, 0.25) is 0 Å². The molecule has 36 heavy (non-hydrogen) atoms. The molecule has 0 spiro atoms. The number of amides is 1. The summed E-state index contributed by atoms with van der Waals surface area (Å²) >= 11 is 0. The summed E-state index contributed by atoms with van der Waals surface area (Å²) in [4.78, 5) is 36.2. The number of carbonyl (C=O) groups is 2. The molecule has 1 aromatic heterocycles. The van der Waals surface area contributed by atoms with Crippen molar-refractivity contribution >= 4 is 11.9 Å². The van der Waals surface area contributed by atoms with E-state index < -0.39 is 30.7 Å². The van der Waals surface area contributed by atoms with Crippen LogP contribution in [0.3, 0.4) is 0 Å². The molecule has 0 radical (unpaired) electrons. The van der Waals surface area contributed by atoms with Gasteiger partial charge in [-0.15, -0.1) is 12.1 Å². The molecule has 7 nitrogen and oxygen atoms in total. The minimum atomic E-state index is -2.53. The molecule has 1 N–H and O–H groups in total. The van der Waals surface area contributed by atoms with Gasteiger partial charge in [-0.25, -0.2) is 13.6 Å². The first-order chi connectivity index (χ1) is 16.7. The molecule has 0 aliphatic heterocycles. The maximum absolute atomic E-state index is 12.8. The van der Waals surface area contributed by atoms with Gasteiger partial charge in [-0.2, -0.15) is 0 Å². The molecule has 0 saturated carbocycles. The molecule has 0 fully saturated rings. The van der Waals surface area contributed by atoms with Gasteiger partial charge in [-0.3, -0.25) is 5.32 Å². The first-order valence-corrected chi connectivity index (χ1v) is 11.3. The Morgan fingerprint density at radius 3 is 2.47 bits per heavy atom. The standard InChI is InChI=1S/C26H30F2NO6.U/c1-17(6-4-5-15-29-26(32)33-3)22-14-13-21(25(31)35-22)24(30)18(2)7-8-19-9-11-20(12-10-19)34-16-23(27)28;/h5,9-12,14-15,17-18,23H,4,6-8,16H2,1-3H3,(H,29,32);/q-1;/b15-5+;. The second kappa shape index (κ2) is 16.3. The topological polar surface area (TPSA) is 94.8 Å². The number of ether oxygens (including phenoxy) is 2. The molecule has 0 saturated heterocycles. The molecular formula is C26H30F2NO6U-. The van der Waals surface area contributed by atoms with Crippen LogP contribution >= 0.6 is 0 Å². The number of halogens is 2. The number of hydrogen-bond acceptors (Lipinski definition) is 6. The second-order valence-corrected chi connectivity index (χ2v) is 8.12. The fourth-order valence-corrected chi connectivity index (χ4v) is 3.23. The molecule has 2 rings (SSSR count). The summed E-state index contributed by atoms with van der Waals surface area (Å²) in [6.07, 6.45) is 2.51. The number of nitrogens with one attached hydrogen (secondary N) is 1. The summed E-state index contributed by atoms with van der Waals surface area (Å²) in [5.41, 5.74) is 0.103. The fraction of sp³-hybridized carbons (Fsp3) is 0.423. The summed E-state index contributed by atoms with van der Waals surface area (Å²) in [5, 5.41) is 2.43. The van der Waals surface area contributed by atoms with Crippen molar-refractivity contribution in [2.45, 2.75) is 51.9 Å². The minimum Gasteiger partial charge on any atom is -0.518 e. The van der Waals surface area contributed by atoms with Gasteiger partial charge in [0.2, 0.25) is 5.63 Å². The van der Waals surface area contributed by atoms with Crippen molar-refractivity contribution in [3.05, 3.63) is 76.0 Å². The van der Waals surface area contributed by atoms with Gasteiger partial charge >= 0.3 is 6.09 Å². The van der Waals surface area contributed by atoms with E-state index in [1.54, 1.807) is 37.3 Å². The van der Waals surface area contributed by atoms with Gasteiger partial charge in [0.15, 0.2) is 0 Å². The number of allylic oxidation sites excluding steroid dienone is 1. The number of alkyl halides is 2. The zero-order valence-electron chi connectivity index (χ0n) is 20.5. The van der Waals surface area contributed by atoms with Crippen LogP contribution in [-0.2, 0) is 11.2 Å². The first kappa shape index (κ1) is 31.6. The average Bonchev–Trinajstić information content (AvgIpc) is 2.85. The molecule has 2 unspecified atom stereocenters. The molecule has 1 amide bonds. The van der Waals surface area contributed by atoms with Crippen molar-refractivity contribution in [1.82, 2.24) is 5.32 Å². The minimum absolute atomic E-state index is 0. The van der Waals surface area contributed by atoms with Crippen LogP contribution in [0, 0.1) is 43.1 Å². The van der Waals surface area contributed by atoms with E-state index in [2.05, 4.69) is 16.1 Å². The van der Waals surface area contributed by atoms with E-state index >= 15 is 0 Å². The Kier molecular flexibility index (Phi) is 14.3. The number of alkyl carbamates (subject to hydrolysis) is 1. The van der Waals surface area contributed by atoms with Crippen molar-refractivity contribution < 1.29 is 63.4 Å². The van der Waals surface area contributed by atoms with Crippen LogP contribution < -0.4 is 15.7 Å². The number of rotatable bonds is 13. The van der Waals surface area contributed by atoms with Gasteiger partial charge in [-0.1, -0.05) is 32.1 Å². The number of Topliss-reactive ketones (excluding diaryl/α,β-unsaturated/α-hetero) is 1. The zero-order chi connectivity index (χ0) is 25.8. The van der Waals surface area contributed by atoms with Gasteiger partial charge in [0.1, 0.15) is 12.4 Å². The molecule has 1 aromatic carbocycles. The van der Waals surface area contributed by atoms with Crippen molar-refractivity contribution in [3.8, 4) is 5.75 Å². The van der Waals surface area contributed by atoms with Crippen LogP contribution in [0.5, 0.6) is 5.75 Å². The fourth-order valence-electron chi connectivity index (χ4n) is 3.23. The van der Waals surface area contributed by atoms with E-state index in [1.165, 1.54) is 19.4 Å². The van der Waals surface area contributed by atoms with Gasteiger partial charge in [0.05, 0.1) is 12.9 Å². The van der Waals surface area contributed by atoms with Crippen LogP contribution in [0.25, 0.3) is 0 Å². The Labute approximate surface area is 233 Å². The van der Waals surface area contributed by atoms with Gasteiger partial charge in [0, 0.05) is 43.1 Å². The summed E-state index contributed by atoms with van der Waals surface area (Å²) < 4.78 is 39.2.